The molecule has 25 heavy (non-hydrogen) atoms. The van der Waals surface area contributed by atoms with Crippen LogP contribution in [0, 0.1) is 5.82 Å². The molecule has 8 heteroatoms. The second-order valence-electron chi connectivity index (χ2n) is 5.48. The topological polar surface area (TPSA) is 81.8 Å². The number of hydrogen-bond acceptors (Lipinski definition) is 4. The number of H-pyrrole nitrogens is 1. The normalized spacial score (nSPS) is 13.7. The van der Waals surface area contributed by atoms with Crippen LogP contribution in [0.2, 0.25) is 5.15 Å². The quantitative estimate of drug-likeness (QED) is 0.429. The van der Waals surface area contributed by atoms with Crippen LogP contribution in [0.25, 0.3) is 16.6 Å². The van der Waals surface area contributed by atoms with Crippen LogP contribution in [0.1, 0.15) is 16.1 Å². The minimum atomic E-state index is -0.374. The molecule has 2 aromatic heterocycles. The molecule has 1 aromatic carbocycles. The van der Waals surface area contributed by atoms with E-state index in [-0.39, 0.29) is 11.7 Å². The molecule has 0 radical (unpaired) electrons. The Balaban J connectivity index is 1.76. The number of benzene rings is 1. The van der Waals surface area contributed by atoms with Crippen molar-refractivity contribution in [2.24, 2.45) is 0 Å². The summed E-state index contributed by atoms with van der Waals surface area (Å²) < 4.78 is 13.7. The molecule has 1 amide bonds. The molecular formula is C17H13ClFN5O. The zero-order valence-electron chi connectivity index (χ0n) is 12.9. The van der Waals surface area contributed by atoms with Crippen molar-refractivity contribution in [2.45, 2.75) is 0 Å². The van der Waals surface area contributed by atoms with Gasteiger partial charge in [-0.05, 0) is 36.4 Å². The van der Waals surface area contributed by atoms with Crippen molar-refractivity contribution < 1.29 is 9.18 Å². The molecule has 0 spiro atoms. The Morgan fingerprint density at radius 2 is 2.12 bits per heavy atom. The van der Waals surface area contributed by atoms with Crippen LogP contribution in [0.4, 0.5) is 10.1 Å². The number of hydrogen-bond donors (Lipinski definition) is 4. The third-order valence-corrected chi connectivity index (χ3v) is 4.22. The SMILES string of the molecule is O=C1NCC=C(NNc2cccnc2Cl)c2c1[nH]c1ccc(F)cc21. The van der Waals surface area contributed by atoms with Gasteiger partial charge in [-0.1, -0.05) is 11.6 Å². The largest absolute Gasteiger partial charge is 0.350 e. The molecule has 0 saturated carbocycles. The van der Waals surface area contributed by atoms with Gasteiger partial charge in [-0.2, -0.15) is 0 Å². The van der Waals surface area contributed by atoms with Gasteiger partial charge in [-0.25, -0.2) is 9.37 Å². The number of nitrogens with zero attached hydrogens (tertiary/aromatic N) is 1. The van der Waals surface area contributed by atoms with Gasteiger partial charge in [0.25, 0.3) is 5.91 Å². The number of halogens is 2. The fourth-order valence-electron chi connectivity index (χ4n) is 2.78. The van der Waals surface area contributed by atoms with Crippen LogP contribution >= 0.6 is 11.6 Å². The standard InChI is InChI=1S/C17H13ClFN5O/c18-16-13(2-1-6-20-16)24-23-12-5-7-21-17(25)15-14(12)10-8-9(19)3-4-11(10)22-15/h1-6,8,22-24H,7H2,(H,21,25). The van der Waals surface area contributed by atoms with Crippen molar-refractivity contribution in [3.8, 4) is 0 Å². The molecule has 4 N–H and O–H groups in total. The van der Waals surface area contributed by atoms with Crippen molar-refractivity contribution in [1.29, 1.82) is 0 Å². The average Bonchev–Trinajstić information content (AvgIpc) is 2.90. The number of rotatable bonds is 3. The summed E-state index contributed by atoms with van der Waals surface area (Å²) in [6, 6.07) is 7.86. The first-order valence-electron chi connectivity index (χ1n) is 7.56. The van der Waals surface area contributed by atoms with E-state index in [9.17, 15) is 9.18 Å². The van der Waals surface area contributed by atoms with Crippen molar-refractivity contribution in [1.82, 2.24) is 20.7 Å². The van der Waals surface area contributed by atoms with Gasteiger partial charge < -0.3 is 15.7 Å². The van der Waals surface area contributed by atoms with Gasteiger partial charge in [-0.3, -0.25) is 10.2 Å². The second-order valence-corrected chi connectivity index (χ2v) is 5.84. The van der Waals surface area contributed by atoms with Crippen molar-refractivity contribution in [2.75, 3.05) is 12.0 Å². The molecule has 1 aliphatic rings. The van der Waals surface area contributed by atoms with E-state index in [0.29, 0.717) is 45.2 Å². The number of carbonyl (C=O) groups is 1. The molecular weight excluding hydrogens is 345 g/mol. The van der Waals surface area contributed by atoms with E-state index in [1.54, 1.807) is 30.5 Å². The third kappa shape index (κ3) is 2.78. The summed E-state index contributed by atoms with van der Waals surface area (Å²) in [6.45, 7) is 0.336. The van der Waals surface area contributed by atoms with E-state index in [0.717, 1.165) is 0 Å². The molecule has 0 atom stereocenters. The maximum absolute atomic E-state index is 13.7. The Bertz CT molecular complexity index is 1010. The molecule has 1 aliphatic heterocycles. The van der Waals surface area contributed by atoms with Gasteiger partial charge in [0.15, 0.2) is 5.15 Å². The number of pyridine rings is 1. The van der Waals surface area contributed by atoms with E-state index in [1.807, 2.05) is 0 Å². The average molecular weight is 358 g/mol. The lowest BCUT2D eigenvalue weighted by Gasteiger charge is -2.13. The number of fused-ring (bicyclic) bond motifs is 3. The van der Waals surface area contributed by atoms with Gasteiger partial charge in [-0.15, -0.1) is 0 Å². The zero-order chi connectivity index (χ0) is 17.4. The smallest absolute Gasteiger partial charge is 0.268 e. The number of aromatic amines is 1. The first kappa shape index (κ1) is 15.5. The van der Waals surface area contributed by atoms with Crippen LogP contribution in [-0.4, -0.2) is 22.4 Å². The van der Waals surface area contributed by atoms with Crippen molar-refractivity contribution in [3.63, 3.8) is 0 Å². The third-order valence-electron chi connectivity index (χ3n) is 3.92. The molecule has 0 unspecified atom stereocenters. The summed E-state index contributed by atoms with van der Waals surface area (Å²) in [5, 5.41) is 3.69. The lowest BCUT2D eigenvalue weighted by atomic mass is 10.1. The summed E-state index contributed by atoms with van der Waals surface area (Å²) in [6.07, 6.45) is 3.39. The molecule has 3 aromatic rings. The number of hydrazine groups is 1. The summed E-state index contributed by atoms with van der Waals surface area (Å²) in [4.78, 5) is 19.3. The summed E-state index contributed by atoms with van der Waals surface area (Å²) >= 11 is 6.04. The molecule has 0 saturated heterocycles. The Hall–Kier alpha value is -3.06. The minimum Gasteiger partial charge on any atom is -0.350 e. The highest BCUT2D eigenvalue weighted by Gasteiger charge is 2.23. The molecule has 0 fully saturated rings. The Morgan fingerprint density at radius 1 is 1.24 bits per heavy atom. The second kappa shape index (κ2) is 6.10. The fourth-order valence-corrected chi connectivity index (χ4v) is 2.94. The molecule has 126 valence electrons. The predicted octanol–water partition coefficient (Wildman–Crippen LogP) is 3.06. The molecule has 0 aliphatic carbocycles. The Labute approximate surface area is 147 Å². The van der Waals surface area contributed by atoms with Gasteiger partial charge in [0, 0.05) is 29.2 Å². The predicted molar refractivity (Wildman–Crippen MR) is 94.6 cm³/mol. The van der Waals surface area contributed by atoms with E-state index in [2.05, 4.69) is 26.1 Å². The van der Waals surface area contributed by atoms with Gasteiger partial charge in [0.2, 0.25) is 0 Å². The fraction of sp³-hybridized carbons (Fsp3) is 0.0588. The molecule has 0 bridgehead atoms. The van der Waals surface area contributed by atoms with Crippen LogP contribution in [0.5, 0.6) is 0 Å². The Morgan fingerprint density at radius 3 is 2.96 bits per heavy atom. The molecule has 4 rings (SSSR count). The summed E-state index contributed by atoms with van der Waals surface area (Å²) in [5.41, 5.74) is 8.88. The van der Waals surface area contributed by atoms with Gasteiger partial charge in [0.05, 0.1) is 11.4 Å². The lowest BCUT2D eigenvalue weighted by Crippen LogP contribution is -2.22. The zero-order valence-corrected chi connectivity index (χ0v) is 13.6. The number of anilines is 1. The highest BCUT2D eigenvalue weighted by atomic mass is 35.5. The number of carbonyl (C=O) groups excluding carboxylic acids is 1. The highest BCUT2D eigenvalue weighted by molar-refractivity contribution is 6.31. The molecule has 6 nitrogen and oxygen atoms in total. The van der Waals surface area contributed by atoms with Gasteiger partial charge in [0.1, 0.15) is 11.5 Å². The maximum Gasteiger partial charge on any atom is 0.268 e. The van der Waals surface area contributed by atoms with Crippen LogP contribution < -0.4 is 16.2 Å². The summed E-state index contributed by atoms with van der Waals surface area (Å²) in [7, 11) is 0. The van der Waals surface area contributed by atoms with Crippen LogP contribution in [-0.2, 0) is 0 Å². The maximum atomic E-state index is 13.7. The first-order valence-corrected chi connectivity index (χ1v) is 7.94. The van der Waals surface area contributed by atoms with E-state index < -0.39 is 0 Å². The Kier molecular flexibility index (Phi) is 3.77. The monoisotopic (exact) mass is 357 g/mol. The lowest BCUT2D eigenvalue weighted by molar-refractivity contribution is 0.0954. The van der Waals surface area contributed by atoms with E-state index >= 15 is 0 Å². The number of nitrogens with one attached hydrogen (secondary N) is 4. The van der Waals surface area contributed by atoms with Crippen molar-refractivity contribution in [3.05, 3.63) is 64.8 Å². The van der Waals surface area contributed by atoms with Crippen LogP contribution in [0.15, 0.2) is 42.6 Å². The number of aromatic nitrogens is 2. The van der Waals surface area contributed by atoms with Crippen LogP contribution in [0.3, 0.4) is 0 Å². The first-order chi connectivity index (χ1) is 12.1. The van der Waals surface area contributed by atoms with Crippen molar-refractivity contribution >= 4 is 39.8 Å². The van der Waals surface area contributed by atoms with E-state index in [4.69, 9.17) is 11.6 Å². The molecule has 3 heterocycles. The minimum absolute atomic E-state index is 0.251. The summed E-state index contributed by atoms with van der Waals surface area (Å²) in [5.74, 6) is -0.624. The highest BCUT2D eigenvalue weighted by Crippen LogP contribution is 2.30. The van der Waals surface area contributed by atoms with E-state index in [1.165, 1.54) is 12.1 Å². The van der Waals surface area contributed by atoms with Gasteiger partial charge >= 0.3 is 0 Å². The number of amides is 1.